The molecular formula is C52H36N2O. The lowest BCUT2D eigenvalue weighted by atomic mass is 9.99. The molecule has 260 valence electrons. The second-order valence-electron chi connectivity index (χ2n) is 13.7. The van der Waals surface area contributed by atoms with Gasteiger partial charge in [-0.1, -0.05) is 152 Å². The molecule has 3 nitrogen and oxygen atoms in total. The maximum absolute atomic E-state index is 6.77. The largest absolute Gasteiger partial charge is 0.456 e. The lowest BCUT2D eigenvalue weighted by molar-refractivity contribution is 0.669. The first-order chi connectivity index (χ1) is 27.3. The van der Waals surface area contributed by atoms with E-state index in [0.717, 1.165) is 61.4 Å². The second kappa shape index (κ2) is 13.9. The summed E-state index contributed by atoms with van der Waals surface area (Å²) in [6.45, 7) is 0. The van der Waals surface area contributed by atoms with Gasteiger partial charge in [0, 0.05) is 28.1 Å². The molecule has 0 aliphatic carbocycles. The molecule has 0 aliphatic rings. The van der Waals surface area contributed by atoms with Crippen LogP contribution >= 0.6 is 0 Å². The predicted molar refractivity (Wildman–Crippen MR) is 231 cm³/mol. The zero-order valence-electron chi connectivity index (χ0n) is 30.1. The van der Waals surface area contributed by atoms with Gasteiger partial charge in [-0.3, -0.25) is 0 Å². The molecule has 0 radical (unpaired) electrons. The predicted octanol–water partition coefficient (Wildman–Crippen LogP) is 15.0. The standard InChI is InChI=1S/C52H36N2O/c1-5-15-37(16-6-1)39-25-30-44(31-26-39)53(42-20-9-3-10-21-42)47-34-36-49-51(50-46-24-14-13-19-41(46)29-35-48(50)55-49)52(47)54(43-22-11-4-12-23-43)45-32-27-40(28-33-45)38-17-7-2-8-18-38/h1-36H. The molecular weight excluding hydrogens is 669 g/mol. The number of fused-ring (bicyclic) bond motifs is 5. The Kier molecular flexibility index (Phi) is 8.16. The van der Waals surface area contributed by atoms with Crippen molar-refractivity contribution in [3.63, 3.8) is 0 Å². The van der Waals surface area contributed by atoms with Gasteiger partial charge in [0.2, 0.25) is 0 Å². The Labute approximate surface area is 320 Å². The number of benzene rings is 9. The summed E-state index contributed by atoms with van der Waals surface area (Å²) in [6.07, 6.45) is 0. The van der Waals surface area contributed by atoms with Gasteiger partial charge in [0.1, 0.15) is 11.2 Å². The highest BCUT2D eigenvalue weighted by molar-refractivity contribution is 6.25. The van der Waals surface area contributed by atoms with Crippen LogP contribution in [-0.2, 0) is 0 Å². The van der Waals surface area contributed by atoms with Crippen molar-refractivity contribution >= 4 is 66.8 Å². The van der Waals surface area contributed by atoms with Crippen LogP contribution in [0.1, 0.15) is 0 Å². The summed E-state index contributed by atoms with van der Waals surface area (Å²) in [5.74, 6) is 0. The summed E-state index contributed by atoms with van der Waals surface area (Å²) >= 11 is 0. The molecule has 1 heterocycles. The van der Waals surface area contributed by atoms with Gasteiger partial charge in [-0.25, -0.2) is 0 Å². The highest BCUT2D eigenvalue weighted by atomic mass is 16.3. The van der Waals surface area contributed by atoms with E-state index in [1.165, 1.54) is 27.6 Å². The monoisotopic (exact) mass is 704 g/mol. The van der Waals surface area contributed by atoms with Crippen molar-refractivity contribution in [3.05, 3.63) is 218 Å². The number of para-hydroxylation sites is 2. The van der Waals surface area contributed by atoms with E-state index >= 15 is 0 Å². The molecule has 0 bridgehead atoms. The normalized spacial score (nSPS) is 11.3. The van der Waals surface area contributed by atoms with E-state index in [0.29, 0.717) is 0 Å². The fraction of sp³-hybridized carbons (Fsp3) is 0. The Balaban J connectivity index is 1.29. The smallest absolute Gasteiger partial charge is 0.137 e. The second-order valence-corrected chi connectivity index (χ2v) is 13.7. The zero-order valence-corrected chi connectivity index (χ0v) is 30.1. The van der Waals surface area contributed by atoms with E-state index < -0.39 is 0 Å². The maximum atomic E-state index is 6.77. The van der Waals surface area contributed by atoms with Gasteiger partial charge in [0.15, 0.2) is 0 Å². The molecule has 0 saturated carbocycles. The molecule has 55 heavy (non-hydrogen) atoms. The first-order valence-corrected chi connectivity index (χ1v) is 18.7. The lowest BCUT2D eigenvalue weighted by Gasteiger charge is -2.34. The van der Waals surface area contributed by atoms with E-state index in [9.17, 15) is 0 Å². The Morgan fingerprint density at radius 2 is 0.709 bits per heavy atom. The number of anilines is 6. The molecule has 0 amide bonds. The van der Waals surface area contributed by atoms with Gasteiger partial charge in [-0.2, -0.15) is 0 Å². The van der Waals surface area contributed by atoms with Gasteiger partial charge in [0.05, 0.1) is 16.8 Å². The average molecular weight is 705 g/mol. The Bertz CT molecular complexity index is 2890. The van der Waals surface area contributed by atoms with Crippen LogP contribution in [-0.4, -0.2) is 0 Å². The van der Waals surface area contributed by atoms with Crippen LogP contribution in [0.3, 0.4) is 0 Å². The fourth-order valence-electron chi connectivity index (χ4n) is 7.86. The number of rotatable bonds is 8. The maximum Gasteiger partial charge on any atom is 0.137 e. The first kappa shape index (κ1) is 32.3. The highest BCUT2D eigenvalue weighted by Crippen LogP contribution is 2.52. The molecule has 1 aromatic heterocycles. The van der Waals surface area contributed by atoms with Gasteiger partial charge < -0.3 is 14.2 Å². The number of hydrogen-bond donors (Lipinski definition) is 0. The van der Waals surface area contributed by atoms with Crippen LogP contribution in [0.4, 0.5) is 34.1 Å². The van der Waals surface area contributed by atoms with Gasteiger partial charge in [-0.15, -0.1) is 0 Å². The van der Waals surface area contributed by atoms with Crippen LogP contribution in [0.5, 0.6) is 0 Å². The highest BCUT2D eigenvalue weighted by Gasteiger charge is 2.28. The summed E-state index contributed by atoms with van der Waals surface area (Å²) in [6, 6.07) is 77.5. The number of hydrogen-bond acceptors (Lipinski definition) is 3. The van der Waals surface area contributed by atoms with E-state index in [4.69, 9.17) is 4.42 Å². The van der Waals surface area contributed by atoms with E-state index in [1.54, 1.807) is 0 Å². The average Bonchev–Trinajstić information content (AvgIpc) is 3.66. The molecule has 3 heteroatoms. The van der Waals surface area contributed by atoms with Gasteiger partial charge in [-0.05, 0) is 99.8 Å². The van der Waals surface area contributed by atoms with Crippen molar-refractivity contribution in [1.82, 2.24) is 0 Å². The molecule has 0 aliphatic heterocycles. The third kappa shape index (κ3) is 5.89. The van der Waals surface area contributed by atoms with Crippen molar-refractivity contribution < 1.29 is 4.42 Å². The molecule has 0 spiro atoms. The number of nitrogens with zero attached hydrogens (tertiary/aromatic N) is 2. The molecule has 9 aromatic carbocycles. The molecule has 0 unspecified atom stereocenters. The minimum atomic E-state index is 0.833. The molecule has 0 N–H and O–H groups in total. The summed E-state index contributed by atoms with van der Waals surface area (Å²) in [4.78, 5) is 4.78. The summed E-state index contributed by atoms with van der Waals surface area (Å²) in [5, 5.41) is 4.48. The Morgan fingerprint density at radius 3 is 1.29 bits per heavy atom. The first-order valence-electron chi connectivity index (χ1n) is 18.7. The summed E-state index contributed by atoms with van der Waals surface area (Å²) in [7, 11) is 0. The van der Waals surface area contributed by atoms with Crippen LogP contribution in [0.2, 0.25) is 0 Å². The number of furan rings is 1. The quantitative estimate of drug-likeness (QED) is 0.157. The molecule has 10 rings (SSSR count). The van der Waals surface area contributed by atoms with Crippen LogP contribution in [0.25, 0.3) is 55.0 Å². The summed E-state index contributed by atoms with van der Waals surface area (Å²) < 4.78 is 6.77. The molecule has 0 atom stereocenters. The van der Waals surface area contributed by atoms with Crippen molar-refractivity contribution in [2.75, 3.05) is 9.80 Å². The minimum Gasteiger partial charge on any atom is -0.456 e. The molecule has 10 aromatic rings. The third-order valence-electron chi connectivity index (χ3n) is 10.4. The van der Waals surface area contributed by atoms with Crippen molar-refractivity contribution in [3.8, 4) is 22.3 Å². The van der Waals surface area contributed by atoms with Crippen molar-refractivity contribution in [2.24, 2.45) is 0 Å². The molecule has 0 saturated heterocycles. The lowest BCUT2D eigenvalue weighted by Crippen LogP contribution is -2.17. The van der Waals surface area contributed by atoms with Crippen molar-refractivity contribution in [2.45, 2.75) is 0 Å². The van der Waals surface area contributed by atoms with E-state index in [2.05, 4.69) is 228 Å². The Hall–Kier alpha value is -7.36. The van der Waals surface area contributed by atoms with Crippen LogP contribution < -0.4 is 9.80 Å². The van der Waals surface area contributed by atoms with Gasteiger partial charge >= 0.3 is 0 Å². The molecule has 0 fully saturated rings. The fourth-order valence-corrected chi connectivity index (χ4v) is 7.86. The van der Waals surface area contributed by atoms with E-state index in [-0.39, 0.29) is 0 Å². The SMILES string of the molecule is c1ccc(-c2ccc(N(c3ccccc3)c3ccc4oc5ccc6ccccc6c5c4c3N(c3ccccc3)c3ccc(-c4ccccc4)cc3)cc2)cc1. The topological polar surface area (TPSA) is 19.6 Å². The van der Waals surface area contributed by atoms with Crippen LogP contribution in [0.15, 0.2) is 223 Å². The van der Waals surface area contributed by atoms with E-state index in [1.807, 2.05) is 0 Å². The minimum absolute atomic E-state index is 0.833. The van der Waals surface area contributed by atoms with Crippen molar-refractivity contribution in [1.29, 1.82) is 0 Å². The Morgan fingerprint density at radius 1 is 0.291 bits per heavy atom. The van der Waals surface area contributed by atoms with Gasteiger partial charge in [0.25, 0.3) is 0 Å². The zero-order chi connectivity index (χ0) is 36.6. The summed E-state index contributed by atoms with van der Waals surface area (Å²) in [5.41, 5.74) is 12.7. The van der Waals surface area contributed by atoms with Crippen LogP contribution in [0, 0.1) is 0 Å². The third-order valence-corrected chi connectivity index (χ3v) is 10.4.